The maximum atomic E-state index is 12.5. The number of amides is 1. The minimum atomic E-state index is -0.324. The van der Waals surface area contributed by atoms with Gasteiger partial charge in [-0.3, -0.25) is 4.79 Å². The quantitative estimate of drug-likeness (QED) is 0.776. The normalized spacial score (nSPS) is 22.3. The number of carbonyl (C=O) groups excluding carboxylic acids is 1. The van der Waals surface area contributed by atoms with E-state index in [-0.39, 0.29) is 23.7 Å². The Labute approximate surface area is 133 Å². The van der Waals surface area contributed by atoms with Crippen LogP contribution >= 0.6 is 12.4 Å². The third-order valence-corrected chi connectivity index (χ3v) is 4.64. The van der Waals surface area contributed by atoms with Gasteiger partial charge in [0.2, 0.25) is 5.91 Å². The van der Waals surface area contributed by atoms with E-state index in [1.54, 1.807) is 7.11 Å². The molecule has 2 fully saturated rings. The van der Waals surface area contributed by atoms with Gasteiger partial charge in [0.1, 0.15) is 0 Å². The first kappa shape index (κ1) is 18.7. The molecule has 0 aromatic heterocycles. The van der Waals surface area contributed by atoms with Crippen molar-refractivity contribution < 1.29 is 14.3 Å². The highest BCUT2D eigenvalue weighted by Gasteiger charge is 2.39. The van der Waals surface area contributed by atoms with Gasteiger partial charge in [-0.2, -0.15) is 0 Å². The summed E-state index contributed by atoms with van der Waals surface area (Å²) in [4.78, 5) is 12.5. The van der Waals surface area contributed by atoms with E-state index in [9.17, 15) is 4.79 Å². The van der Waals surface area contributed by atoms with E-state index in [0.717, 1.165) is 65.0 Å². The summed E-state index contributed by atoms with van der Waals surface area (Å²) in [5, 5.41) is 6.45. The first-order chi connectivity index (χ1) is 9.77. The van der Waals surface area contributed by atoms with Crippen molar-refractivity contribution >= 4 is 18.3 Å². The van der Waals surface area contributed by atoms with Crippen LogP contribution in [0.25, 0.3) is 0 Å². The topological polar surface area (TPSA) is 59.6 Å². The van der Waals surface area contributed by atoms with Gasteiger partial charge in [-0.25, -0.2) is 0 Å². The second kappa shape index (κ2) is 9.62. The highest BCUT2D eigenvalue weighted by molar-refractivity contribution is 5.85. The van der Waals surface area contributed by atoms with Crippen LogP contribution in [0.5, 0.6) is 0 Å². The van der Waals surface area contributed by atoms with Crippen LogP contribution < -0.4 is 10.6 Å². The van der Waals surface area contributed by atoms with E-state index in [0.29, 0.717) is 12.5 Å². The number of hydrogen-bond donors (Lipinski definition) is 2. The molecular weight excluding hydrogens is 292 g/mol. The van der Waals surface area contributed by atoms with Crippen LogP contribution in [0.2, 0.25) is 0 Å². The van der Waals surface area contributed by atoms with Gasteiger partial charge in [0.05, 0.1) is 12.0 Å². The molecule has 0 radical (unpaired) electrons. The third kappa shape index (κ3) is 5.40. The van der Waals surface area contributed by atoms with Crippen molar-refractivity contribution in [3.05, 3.63) is 0 Å². The first-order valence-electron chi connectivity index (χ1n) is 7.82. The van der Waals surface area contributed by atoms with Gasteiger partial charge in [-0.15, -0.1) is 12.4 Å². The summed E-state index contributed by atoms with van der Waals surface area (Å²) in [5.74, 6) is 0.878. The van der Waals surface area contributed by atoms with Crippen molar-refractivity contribution in [2.45, 2.75) is 32.1 Å². The predicted molar refractivity (Wildman–Crippen MR) is 84.8 cm³/mol. The largest absolute Gasteiger partial charge is 0.384 e. The lowest BCUT2D eigenvalue weighted by Gasteiger charge is -2.35. The fraction of sp³-hybridized carbons (Fsp3) is 0.933. The molecule has 0 atom stereocenters. The smallest absolute Gasteiger partial charge is 0.228 e. The molecule has 0 unspecified atom stereocenters. The van der Waals surface area contributed by atoms with Gasteiger partial charge in [0.15, 0.2) is 0 Å². The van der Waals surface area contributed by atoms with Crippen LogP contribution in [0.15, 0.2) is 0 Å². The van der Waals surface area contributed by atoms with E-state index in [4.69, 9.17) is 9.47 Å². The number of halogens is 1. The van der Waals surface area contributed by atoms with Crippen LogP contribution in [-0.2, 0) is 14.3 Å². The minimum absolute atomic E-state index is 0. The van der Waals surface area contributed by atoms with Gasteiger partial charge < -0.3 is 20.1 Å². The van der Waals surface area contributed by atoms with Crippen molar-refractivity contribution in [2.24, 2.45) is 11.3 Å². The highest BCUT2D eigenvalue weighted by Crippen LogP contribution is 2.29. The monoisotopic (exact) mass is 320 g/mol. The maximum Gasteiger partial charge on any atom is 0.228 e. The van der Waals surface area contributed by atoms with Crippen LogP contribution in [0.1, 0.15) is 32.1 Å². The average Bonchev–Trinajstić information content (AvgIpc) is 2.49. The summed E-state index contributed by atoms with van der Waals surface area (Å²) in [7, 11) is 1.68. The molecular formula is C15H29ClN2O3. The lowest BCUT2D eigenvalue weighted by atomic mass is 9.78. The zero-order valence-corrected chi connectivity index (χ0v) is 13.8. The Morgan fingerprint density at radius 2 is 2.00 bits per heavy atom. The van der Waals surface area contributed by atoms with E-state index >= 15 is 0 Å². The van der Waals surface area contributed by atoms with Crippen LogP contribution in [0, 0.1) is 11.3 Å². The summed E-state index contributed by atoms with van der Waals surface area (Å²) in [5.41, 5.74) is -0.324. The van der Waals surface area contributed by atoms with Crippen molar-refractivity contribution in [1.29, 1.82) is 0 Å². The SMILES string of the molecule is COCC1(C(=O)NCCC2CCOCC2)CCNCC1.Cl. The highest BCUT2D eigenvalue weighted by atomic mass is 35.5. The summed E-state index contributed by atoms with van der Waals surface area (Å²) >= 11 is 0. The Morgan fingerprint density at radius 1 is 1.33 bits per heavy atom. The van der Waals surface area contributed by atoms with Gasteiger partial charge >= 0.3 is 0 Å². The Kier molecular flexibility index (Phi) is 8.56. The molecule has 2 aliphatic rings. The zero-order chi connectivity index (χ0) is 14.3. The first-order valence-corrected chi connectivity index (χ1v) is 7.82. The van der Waals surface area contributed by atoms with E-state index in [1.165, 1.54) is 0 Å². The predicted octanol–water partition coefficient (Wildman–Crippen LogP) is 1.36. The second-order valence-corrected chi connectivity index (χ2v) is 6.06. The molecule has 0 aliphatic carbocycles. The van der Waals surface area contributed by atoms with Crippen LogP contribution in [-0.4, -0.2) is 52.5 Å². The standard InChI is InChI=1S/C15H28N2O3.ClH/c1-19-12-15(5-8-16-9-6-15)14(18)17-7-2-13-3-10-20-11-4-13;/h13,16H,2-12H2,1H3,(H,17,18);1H. The number of rotatable bonds is 6. The molecule has 21 heavy (non-hydrogen) atoms. The van der Waals surface area contributed by atoms with Crippen molar-refractivity contribution in [3.8, 4) is 0 Å². The molecule has 0 aromatic carbocycles. The van der Waals surface area contributed by atoms with Crippen LogP contribution in [0.3, 0.4) is 0 Å². The van der Waals surface area contributed by atoms with Gasteiger partial charge in [-0.05, 0) is 51.1 Å². The molecule has 124 valence electrons. The number of ether oxygens (including phenoxy) is 2. The summed E-state index contributed by atoms with van der Waals surface area (Å²) in [6, 6.07) is 0. The number of nitrogens with one attached hydrogen (secondary N) is 2. The van der Waals surface area contributed by atoms with Crippen molar-refractivity contribution in [3.63, 3.8) is 0 Å². The number of methoxy groups -OCH3 is 1. The molecule has 1 amide bonds. The fourth-order valence-electron chi connectivity index (χ4n) is 3.23. The van der Waals surface area contributed by atoms with Crippen molar-refractivity contribution in [2.75, 3.05) is 46.6 Å². The van der Waals surface area contributed by atoms with Gasteiger partial charge in [0, 0.05) is 26.9 Å². The molecule has 0 saturated carbocycles. The van der Waals surface area contributed by atoms with Crippen LogP contribution in [0.4, 0.5) is 0 Å². The third-order valence-electron chi connectivity index (χ3n) is 4.64. The molecule has 2 N–H and O–H groups in total. The molecule has 0 spiro atoms. The summed E-state index contributed by atoms with van der Waals surface area (Å²) < 4.78 is 10.7. The number of carbonyl (C=O) groups is 1. The fourth-order valence-corrected chi connectivity index (χ4v) is 3.23. The van der Waals surface area contributed by atoms with Gasteiger partial charge in [-0.1, -0.05) is 0 Å². The molecule has 0 aromatic rings. The Bertz CT molecular complexity index is 298. The lowest BCUT2D eigenvalue weighted by molar-refractivity contribution is -0.136. The van der Waals surface area contributed by atoms with E-state index < -0.39 is 0 Å². The second-order valence-electron chi connectivity index (χ2n) is 6.06. The summed E-state index contributed by atoms with van der Waals surface area (Å²) in [6.07, 6.45) is 5.05. The van der Waals surface area contributed by atoms with Crippen molar-refractivity contribution in [1.82, 2.24) is 10.6 Å². The van der Waals surface area contributed by atoms with Gasteiger partial charge in [0.25, 0.3) is 0 Å². The molecule has 6 heteroatoms. The maximum absolute atomic E-state index is 12.5. The molecule has 0 bridgehead atoms. The van der Waals surface area contributed by atoms with E-state index in [1.807, 2.05) is 0 Å². The minimum Gasteiger partial charge on any atom is -0.384 e. The average molecular weight is 321 g/mol. The number of hydrogen-bond acceptors (Lipinski definition) is 4. The molecule has 2 heterocycles. The van der Waals surface area contributed by atoms with E-state index in [2.05, 4.69) is 10.6 Å². The Balaban J connectivity index is 0.00000220. The molecule has 2 aliphatic heterocycles. The zero-order valence-electron chi connectivity index (χ0n) is 13.0. The lowest BCUT2D eigenvalue weighted by Crippen LogP contribution is -2.50. The number of piperidine rings is 1. The molecule has 2 rings (SSSR count). The Hall–Kier alpha value is -0.360. The summed E-state index contributed by atoms with van der Waals surface area (Å²) in [6.45, 7) is 4.85. The molecule has 5 nitrogen and oxygen atoms in total. The molecule has 2 saturated heterocycles. The Morgan fingerprint density at radius 3 is 2.62 bits per heavy atom.